The Balaban J connectivity index is 3.19. The maximum absolute atomic E-state index is 5.85. The minimum absolute atomic E-state index is 0.00398. The first kappa shape index (κ1) is 12.8. The van der Waals surface area contributed by atoms with Crippen molar-refractivity contribution in [1.82, 2.24) is 9.78 Å². The number of nitrogens with zero attached hydrogens (tertiary/aromatic N) is 2. The van der Waals surface area contributed by atoms with Crippen LogP contribution in [0.15, 0.2) is 6.20 Å². The molecule has 0 radical (unpaired) electrons. The molecule has 88 valence electrons. The fraction of sp³-hybridized carbons (Fsp3) is 0.615. The van der Waals surface area contributed by atoms with E-state index < -0.39 is 5.54 Å². The zero-order chi connectivity index (χ0) is 12.6. The summed E-state index contributed by atoms with van der Waals surface area (Å²) in [6.45, 7) is 10.2. The molecule has 0 spiro atoms. The first-order valence-corrected chi connectivity index (χ1v) is 5.46. The van der Waals surface area contributed by atoms with Crippen molar-refractivity contribution in [3.05, 3.63) is 17.5 Å². The second kappa shape index (κ2) is 3.95. The van der Waals surface area contributed by atoms with E-state index in [9.17, 15) is 0 Å². The SMILES string of the molecule is Cn1cc(C#CC(C)(C)N)c(C(C)(C)C)n1. The molecule has 3 nitrogen and oxygen atoms in total. The van der Waals surface area contributed by atoms with Gasteiger partial charge in [-0.2, -0.15) is 5.10 Å². The van der Waals surface area contributed by atoms with E-state index in [1.54, 1.807) is 4.68 Å². The quantitative estimate of drug-likeness (QED) is 0.676. The van der Waals surface area contributed by atoms with Gasteiger partial charge in [-0.25, -0.2) is 0 Å². The molecular weight excluding hydrogens is 198 g/mol. The highest BCUT2D eigenvalue weighted by molar-refractivity contribution is 5.41. The lowest BCUT2D eigenvalue weighted by molar-refractivity contribution is 0.552. The van der Waals surface area contributed by atoms with Crippen molar-refractivity contribution in [2.75, 3.05) is 0 Å². The largest absolute Gasteiger partial charge is 0.316 e. The number of rotatable bonds is 0. The Hall–Kier alpha value is -1.27. The average Bonchev–Trinajstić information content (AvgIpc) is 2.41. The molecule has 16 heavy (non-hydrogen) atoms. The Labute approximate surface area is 98.0 Å². The van der Waals surface area contributed by atoms with Crippen LogP contribution >= 0.6 is 0 Å². The molecule has 0 unspecified atom stereocenters. The predicted octanol–water partition coefficient (Wildman–Crippen LogP) is 1.81. The zero-order valence-corrected chi connectivity index (χ0v) is 11.0. The van der Waals surface area contributed by atoms with Gasteiger partial charge in [0.05, 0.1) is 16.8 Å². The van der Waals surface area contributed by atoms with Gasteiger partial charge in [-0.1, -0.05) is 32.6 Å². The molecular formula is C13H21N3. The van der Waals surface area contributed by atoms with Crippen molar-refractivity contribution in [3.63, 3.8) is 0 Å². The Kier molecular flexibility index (Phi) is 3.16. The van der Waals surface area contributed by atoms with Crippen molar-refractivity contribution in [1.29, 1.82) is 0 Å². The zero-order valence-electron chi connectivity index (χ0n) is 11.0. The van der Waals surface area contributed by atoms with Gasteiger partial charge in [0.1, 0.15) is 0 Å². The number of aromatic nitrogens is 2. The van der Waals surface area contributed by atoms with Crippen molar-refractivity contribution in [2.45, 2.75) is 45.6 Å². The summed E-state index contributed by atoms with van der Waals surface area (Å²) in [5.41, 5.74) is 7.37. The number of aryl methyl sites for hydroxylation is 1. The molecule has 0 aromatic carbocycles. The molecule has 1 aromatic rings. The van der Waals surface area contributed by atoms with Crippen LogP contribution in [0.3, 0.4) is 0 Å². The van der Waals surface area contributed by atoms with E-state index in [0.717, 1.165) is 11.3 Å². The van der Waals surface area contributed by atoms with Crippen LogP contribution in [-0.4, -0.2) is 15.3 Å². The van der Waals surface area contributed by atoms with Crippen LogP contribution in [0, 0.1) is 11.8 Å². The minimum atomic E-state index is -0.467. The lowest BCUT2D eigenvalue weighted by Crippen LogP contribution is -2.29. The van der Waals surface area contributed by atoms with Crippen LogP contribution < -0.4 is 5.73 Å². The molecule has 0 bridgehead atoms. The molecule has 0 amide bonds. The molecule has 1 aromatic heterocycles. The van der Waals surface area contributed by atoms with Crippen LogP contribution in [-0.2, 0) is 12.5 Å². The highest BCUT2D eigenvalue weighted by atomic mass is 15.3. The lowest BCUT2D eigenvalue weighted by Gasteiger charge is -2.15. The van der Waals surface area contributed by atoms with Crippen molar-refractivity contribution in [3.8, 4) is 11.8 Å². The summed E-state index contributed by atoms with van der Waals surface area (Å²) in [5, 5.41) is 4.46. The molecule has 1 heterocycles. The maximum Gasteiger partial charge on any atom is 0.0834 e. The Morgan fingerprint density at radius 3 is 2.25 bits per heavy atom. The molecule has 0 aliphatic heterocycles. The van der Waals surface area contributed by atoms with Crippen molar-refractivity contribution in [2.24, 2.45) is 12.8 Å². The van der Waals surface area contributed by atoms with E-state index in [-0.39, 0.29) is 5.41 Å². The molecule has 3 heteroatoms. The van der Waals surface area contributed by atoms with Crippen LogP contribution in [0.4, 0.5) is 0 Å². The summed E-state index contributed by atoms with van der Waals surface area (Å²) in [5.74, 6) is 6.16. The normalized spacial score (nSPS) is 12.2. The molecule has 0 fully saturated rings. The molecule has 0 saturated carbocycles. The van der Waals surface area contributed by atoms with Crippen LogP contribution in [0.25, 0.3) is 0 Å². The number of hydrogen-bond acceptors (Lipinski definition) is 2. The smallest absolute Gasteiger partial charge is 0.0834 e. The van der Waals surface area contributed by atoms with Gasteiger partial charge in [-0.3, -0.25) is 4.68 Å². The highest BCUT2D eigenvalue weighted by Crippen LogP contribution is 2.23. The third-order valence-electron chi connectivity index (χ3n) is 2.06. The lowest BCUT2D eigenvalue weighted by atomic mass is 9.89. The van der Waals surface area contributed by atoms with E-state index in [1.807, 2.05) is 27.1 Å². The monoisotopic (exact) mass is 219 g/mol. The third kappa shape index (κ3) is 3.39. The van der Waals surface area contributed by atoms with Crippen LogP contribution in [0.2, 0.25) is 0 Å². The average molecular weight is 219 g/mol. The van der Waals surface area contributed by atoms with Gasteiger partial charge in [0.15, 0.2) is 0 Å². The molecule has 0 aliphatic carbocycles. The summed E-state index contributed by atoms with van der Waals surface area (Å²) in [7, 11) is 1.91. The fourth-order valence-corrected chi connectivity index (χ4v) is 1.36. The third-order valence-corrected chi connectivity index (χ3v) is 2.06. The Morgan fingerprint density at radius 2 is 1.81 bits per heavy atom. The summed E-state index contributed by atoms with van der Waals surface area (Å²) >= 11 is 0. The second-order valence-electron chi connectivity index (χ2n) is 5.79. The van der Waals surface area contributed by atoms with Crippen LogP contribution in [0.1, 0.15) is 45.9 Å². The van der Waals surface area contributed by atoms with Crippen LogP contribution in [0.5, 0.6) is 0 Å². The van der Waals surface area contributed by atoms with E-state index in [2.05, 4.69) is 37.7 Å². The van der Waals surface area contributed by atoms with Gasteiger partial charge in [0, 0.05) is 18.7 Å². The van der Waals surface area contributed by atoms with Gasteiger partial charge < -0.3 is 5.73 Å². The Bertz CT molecular complexity index is 430. The van der Waals surface area contributed by atoms with Gasteiger partial charge in [-0.05, 0) is 13.8 Å². The Morgan fingerprint density at radius 1 is 1.25 bits per heavy atom. The van der Waals surface area contributed by atoms with Gasteiger partial charge >= 0.3 is 0 Å². The summed E-state index contributed by atoms with van der Waals surface area (Å²) < 4.78 is 1.80. The van der Waals surface area contributed by atoms with E-state index in [1.165, 1.54) is 0 Å². The minimum Gasteiger partial charge on any atom is -0.316 e. The van der Waals surface area contributed by atoms with Gasteiger partial charge in [0.25, 0.3) is 0 Å². The molecule has 0 saturated heterocycles. The van der Waals surface area contributed by atoms with Crippen molar-refractivity contribution >= 4 is 0 Å². The summed E-state index contributed by atoms with van der Waals surface area (Å²) in [6, 6.07) is 0. The molecule has 1 rings (SSSR count). The van der Waals surface area contributed by atoms with Crippen molar-refractivity contribution < 1.29 is 0 Å². The molecule has 0 aliphatic rings. The predicted molar refractivity (Wildman–Crippen MR) is 67.1 cm³/mol. The first-order valence-electron chi connectivity index (χ1n) is 5.46. The fourth-order valence-electron chi connectivity index (χ4n) is 1.36. The highest BCUT2D eigenvalue weighted by Gasteiger charge is 2.21. The van der Waals surface area contributed by atoms with Gasteiger partial charge in [0.2, 0.25) is 0 Å². The maximum atomic E-state index is 5.85. The van der Waals surface area contributed by atoms with E-state index in [0.29, 0.717) is 0 Å². The second-order valence-corrected chi connectivity index (χ2v) is 5.79. The number of nitrogens with two attached hydrogens (primary N) is 1. The first-order chi connectivity index (χ1) is 7.09. The summed E-state index contributed by atoms with van der Waals surface area (Å²) in [4.78, 5) is 0. The van der Waals surface area contributed by atoms with E-state index in [4.69, 9.17) is 5.73 Å². The van der Waals surface area contributed by atoms with E-state index >= 15 is 0 Å². The molecule has 0 atom stereocenters. The number of hydrogen-bond donors (Lipinski definition) is 1. The molecule has 2 N–H and O–H groups in total. The topological polar surface area (TPSA) is 43.8 Å². The summed E-state index contributed by atoms with van der Waals surface area (Å²) in [6.07, 6.45) is 1.94. The standard InChI is InChI=1S/C13H21N3/c1-12(2,3)11-10(9-16(6)15-11)7-8-13(4,5)14/h9H,14H2,1-6H3. The van der Waals surface area contributed by atoms with Gasteiger partial charge in [-0.15, -0.1) is 0 Å².